The molecule has 0 bridgehead atoms. The Labute approximate surface area is 236 Å². The fourth-order valence-corrected chi connectivity index (χ4v) is 4.16. The molecule has 2 heterocycles. The molecule has 0 spiro atoms. The molecule has 0 aliphatic carbocycles. The number of hydrogen-bond acceptors (Lipinski definition) is 5. The first-order valence-corrected chi connectivity index (χ1v) is 12.1. The van der Waals surface area contributed by atoms with Crippen molar-refractivity contribution in [2.75, 3.05) is 6.54 Å². The standard InChI is InChI=1S/C24H19F6N5O.C2HF3O2/c25-17-10-19(27)18(26)8-15(17)7-16(32)9-21(36)34-5-6-35-20(12-34)22(33-23(35)24(28,29)30)14-3-1-13(11-31)2-4-14;3-2(4,5)1(6)7/h1-4,8,10,16H,5-7,9,12,32H2;(H,6,7). The number of carboxylic acids is 1. The summed E-state index contributed by atoms with van der Waals surface area (Å²) in [6, 6.07) is 7.94. The highest BCUT2D eigenvalue weighted by Gasteiger charge is 2.41. The molecule has 1 aromatic heterocycles. The maximum atomic E-state index is 13.9. The lowest BCUT2D eigenvalue weighted by Crippen LogP contribution is -2.42. The number of carboxylic acid groups (broad SMARTS) is 1. The summed E-state index contributed by atoms with van der Waals surface area (Å²) >= 11 is 0. The summed E-state index contributed by atoms with van der Waals surface area (Å²) in [6.45, 7) is -0.375. The van der Waals surface area contributed by atoms with Gasteiger partial charge in [-0.3, -0.25) is 4.79 Å². The van der Waals surface area contributed by atoms with Crippen LogP contribution in [0.15, 0.2) is 36.4 Å². The van der Waals surface area contributed by atoms with Crippen LogP contribution in [0.5, 0.6) is 0 Å². The van der Waals surface area contributed by atoms with Crippen LogP contribution in [0.25, 0.3) is 11.3 Å². The van der Waals surface area contributed by atoms with E-state index in [0.717, 1.165) is 4.57 Å². The number of aromatic nitrogens is 2. The van der Waals surface area contributed by atoms with Crippen LogP contribution < -0.4 is 5.73 Å². The molecule has 3 aromatic rings. The molecule has 0 saturated heterocycles. The Morgan fingerprint density at radius 3 is 2.12 bits per heavy atom. The van der Waals surface area contributed by atoms with E-state index < -0.39 is 53.5 Å². The second-order valence-electron chi connectivity index (χ2n) is 9.21. The number of aliphatic carboxylic acids is 1. The largest absolute Gasteiger partial charge is 0.490 e. The normalized spacial score (nSPS) is 13.8. The number of carbonyl (C=O) groups excluding carboxylic acids is 1. The van der Waals surface area contributed by atoms with Crippen LogP contribution in [0, 0.1) is 28.8 Å². The summed E-state index contributed by atoms with van der Waals surface area (Å²) in [7, 11) is 0. The molecule has 43 heavy (non-hydrogen) atoms. The van der Waals surface area contributed by atoms with Gasteiger partial charge in [-0.05, 0) is 30.2 Å². The number of benzene rings is 2. The highest BCUT2D eigenvalue weighted by molar-refractivity contribution is 5.77. The zero-order valence-corrected chi connectivity index (χ0v) is 21.6. The maximum absolute atomic E-state index is 13.9. The van der Waals surface area contributed by atoms with E-state index in [1.54, 1.807) is 0 Å². The molecule has 8 nitrogen and oxygen atoms in total. The Kier molecular flexibility index (Phi) is 9.75. The van der Waals surface area contributed by atoms with Crippen molar-refractivity contribution in [2.24, 2.45) is 5.73 Å². The summed E-state index contributed by atoms with van der Waals surface area (Å²) < 4.78 is 114. The van der Waals surface area contributed by atoms with Gasteiger partial charge in [0.25, 0.3) is 0 Å². The van der Waals surface area contributed by atoms with Crippen molar-refractivity contribution in [1.82, 2.24) is 14.5 Å². The first-order chi connectivity index (χ1) is 19.9. The van der Waals surface area contributed by atoms with E-state index in [9.17, 15) is 44.3 Å². The van der Waals surface area contributed by atoms with Gasteiger partial charge >= 0.3 is 18.3 Å². The van der Waals surface area contributed by atoms with E-state index in [1.165, 1.54) is 29.2 Å². The molecule has 17 heteroatoms. The molecule has 1 atom stereocenters. The second kappa shape index (κ2) is 12.7. The van der Waals surface area contributed by atoms with Gasteiger partial charge in [-0.2, -0.15) is 31.6 Å². The van der Waals surface area contributed by atoms with E-state index in [1.807, 2.05) is 6.07 Å². The number of nitrogens with two attached hydrogens (primary N) is 1. The quantitative estimate of drug-likeness (QED) is 0.312. The van der Waals surface area contributed by atoms with E-state index in [0.29, 0.717) is 23.3 Å². The molecule has 1 aliphatic heterocycles. The van der Waals surface area contributed by atoms with E-state index in [4.69, 9.17) is 20.9 Å². The molecule has 3 N–H and O–H groups in total. The van der Waals surface area contributed by atoms with Crippen molar-refractivity contribution in [3.8, 4) is 17.3 Å². The van der Waals surface area contributed by atoms with Gasteiger partial charge in [0.2, 0.25) is 11.7 Å². The van der Waals surface area contributed by atoms with Gasteiger partial charge in [0.1, 0.15) is 5.82 Å². The van der Waals surface area contributed by atoms with Crippen LogP contribution in [-0.2, 0) is 35.3 Å². The van der Waals surface area contributed by atoms with E-state index >= 15 is 0 Å². The minimum Gasteiger partial charge on any atom is -0.475 e. The Morgan fingerprint density at radius 1 is 1.00 bits per heavy atom. The SMILES string of the molecule is N#Cc1ccc(-c2nc(C(F)(F)F)n3c2CN(C(=O)CC(N)Cc2cc(F)c(F)cc2F)CC3)cc1.O=C(O)C(F)(F)F. The lowest BCUT2D eigenvalue weighted by Gasteiger charge is -2.30. The minimum atomic E-state index is -5.08. The zero-order chi connectivity index (χ0) is 32.3. The molecule has 230 valence electrons. The number of rotatable bonds is 5. The van der Waals surface area contributed by atoms with Crippen LogP contribution in [-0.4, -0.2) is 50.2 Å². The monoisotopic (exact) mass is 621 g/mol. The molecule has 1 aliphatic rings. The van der Waals surface area contributed by atoms with Crippen LogP contribution in [0.2, 0.25) is 0 Å². The highest BCUT2D eigenvalue weighted by Crippen LogP contribution is 2.36. The van der Waals surface area contributed by atoms with E-state index in [2.05, 4.69) is 4.98 Å². The van der Waals surface area contributed by atoms with Gasteiger partial charge in [-0.25, -0.2) is 22.9 Å². The molecular formula is C26H20F9N5O3. The molecule has 1 amide bonds. The molecular weight excluding hydrogens is 601 g/mol. The number of nitrogens with zero attached hydrogens (tertiary/aromatic N) is 4. The summed E-state index contributed by atoms with van der Waals surface area (Å²) in [4.78, 5) is 26.9. The van der Waals surface area contributed by atoms with Gasteiger partial charge in [0.15, 0.2) is 11.6 Å². The summed E-state index contributed by atoms with van der Waals surface area (Å²) in [6.07, 6.45) is -10.3. The summed E-state index contributed by atoms with van der Waals surface area (Å²) in [5, 5.41) is 16.1. The molecule has 2 aromatic carbocycles. The zero-order valence-electron chi connectivity index (χ0n) is 21.6. The van der Waals surface area contributed by atoms with Crippen molar-refractivity contribution in [2.45, 2.75) is 44.3 Å². The average molecular weight is 621 g/mol. The van der Waals surface area contributed by atoms with Crippen LogP contribution >= 0.6 is 0 Å². The Morgan fingerprint density at radius 2 is 1.58 bits per heavy atom. The summed E-state index contributed by atoms with van der Waals surface area (Å²) in [5.41, 5.74) is 6.65. The van der Waals surface area contributed by atoms with Gasteiger partial charge in [-0.1, -0.05) is 12.1 Å². The van der Waals surface area contributed by atoms with Crippen LogP contribution in [0.3, 0.4) is 0 Å². The topological polar surface area (TPSA) is 125 Å². The highest BCUT2D eigenvalue weighted by atomic mass is 19.4. The Bertz CT molecular complexity index is 1540. The number of imidazole rings is 1. The van der Waals surface area contributed by atoms with Gasteiger partial charge in [-0.15, -0.1) is 0 Å². The Balaban J connectivity index is 0.000000646. The summed E-state index contributed by atoms with van der Waals surface area (Å²) in [5.74, 6) is -7.92. The third-order valence-electron chi connectivity index (χ3n) is 6.15. The number of nitriles is 1. The fraction of sp³-hybridized carbons (Fsp3) is 0.308. The lowest BCUT2D eigenvalue weighted by atomic mass is 10.0. The first-order valence-electron chi connectivity index (χ1n) is 12.1. The van der Waals surface area contributed by atoms with Gasteiger partial charge in [0, 0.05) is 37.2 Å². The van der Waals surface area contributed by atoms with Gasteiger partial charge < -0.3 is 20.3 Å². The number of halogens is 9. The molecule has 4 rings (SSSR count). The van der Waals surface area contributed by atoms with Crippen molar-refractivity contribution < 1.29 is 54.2 Å². The second-order valence-corrected chi connectivity index (χ2v) is 9.21. The number of fused-ring (bicyclic) bond motifs is 1. The van der Waals surface area contributed by atoms with Crippen molar-refractivity contribution in [3.05, 3.63) is 76.5 Å². The predicted octanol–water partition coefficient (Wildman–Crippen LogP) is 4.79. The minimum absolute atomic E-state index is 0.0374. The van der Waals surface area contributed by atoms with Crippen molar-refractivity contribution >= 4 is 11.9 Å². The maximum Gasteiger partial charge on any atom is 0.490 e. The number of amides is 1. The average Bonchev–Trinajstić information content (AvgIpc) is 3.31. The predicted molar refractivity (Wildman–Crippen MR) is 129 cm³/mol. The molecule has 1 unspecified atom stereocenters. The van der Waals surface area contributed by atoms with E-state index in [-0.39, 0.29) is 49.4 Å². The third-order valence-corrected chi connectivity index (χ3v) is 6.15. The molecule has 0 saturated carbocycles. The first kappa shape index (κ1) is 32.9. The fourth-order valence-electron chi connectivity index (χ4n) is 4.16. The van der Waals surface area contributed by atoms with Crippen LogP contribution in [0.1, 0.15) is 29.1 Å². The molecule has 0 fully saturated rings. The third kappa shape index (κ3) is 8.03. The lowest BCUT2D eigenvalue weighted by molar-refractivity contribution is -0.192. The number of hydrogen-bond donors (Lipinski definition) is 2. The van der Waals surface area contributed by atoms with Crippen molar-refractivity contribution in [3.63, 3.8) is 0 Å². The number of carbonyl (C=O) groups is 2. The molecule has 0 radical (unpaired) electrons. The smallest absolute Gasteiger partial charge is 0.475 e. The van der Waals surface area contributed by atoms with Gasteiger partial charge in [0.05, 0.1) is 29.6 Å². The van der Waals surface area contributed by atoms with Crippen molar-refractivity contribution in [1.29, 1.82) is 5.26 Å². The van der Waals surface area contributed by atoms with Crippen LogP contribution in [0.4, 0.5) is 39.5 Å². The number of alkyl halides is 6. The Hall–Kier alpha value is -4.59.